The molecule has 1 saturated heterocycles. The van der Waals surface area contributed by atoms with Crippen LogP contribution in [-0.4, -0.2) is 52.2 Å². The van der Waals surface area contributed by atoms with Gasteiger partial charge in [0.15, 0.2) is 0 Å². The predicted molar refractivity (Wildman–Crippen MR) is 78.6 cm³/mol. The minimum atomic E-state index is -0.846. The highest BCUT2D eigenvalue weighted by molar-refractivity contribution is 7.18. The van der Waals surface area contributed by atoms with Crippen molar-refractivity contribution in [3.8, 4) is 0 Å². The van der Waals surface area contributed by atoms with Gasteiger partial charge in [-0.2, -0.15) is 0 Å². The Hall–Kier alpha value is -1.89. The van der Waals surface area contributed by atoms with Gasteiger partial charge in [-0.1, -0.05) is 6.92 Å². The van der Waals surface area contributed by atoms with Crippen LogP contribution in [0, 0.1) is 0 Å². The Bertz CT molecular complexity index is 634. The van der Waals surface area contributed by atoms with E-state index in [1.807, 2.05) is 0 Å². The van der Waals surface area contributed by atoms with E-state index in [9.17, 15) is 4.79 Å². The summed E-state index contributed by atoms with van der Waals surface area (Å²) >= 11 is 1.70. The number of hydrogen-bond acceptors (Lipinski definition) is 5. The van der Waals surface area contributed by atoms with Crippen LogP contribution >= 0.6 is 11.3 Å². The summed E-state index contributed by atoms with van der Waals surface area (Å²) in [5, 5.41) is 10.1. The molecule has 0 radical (unpaired) electrons. The van der Waals surface area contributed by atoms with Gasteiger partial charge in [-0.15, -0.1) is 11.3 Å². The summed E-state index contributed by atoms with van der Waals surface area (Å²) in [6, 6.07) is 2.15. The lowest BCUT2D eigenvalue weighted by Gasteiger charge is -2.34. The molecule has 106 valence electrons. The van der Waals surface area contributed by atoms with Crippen LogP contribution in [0.2, 0.25) is 0 Å². The fraction of sp³-hybridized carbons (Fsp3) is 0.462. The van der Waals surface area contributed by atoms with E-state index in [-0.39, 0.29) is 0 Å². The third kappa shape index (κ3) is 2.29. The molecule has 0 bridgehead atoms. The maximum Gasteiger partial charge on any atom is 0.407 e. The van der Waals surface area contributed by atoms with Gasteiger partial charge in [-0.25, -0.2) is 14.8 Å². The number of carboxylic acid groups (broad SMARTS) is 1. The molecule has 3 heterocycles. The Morgan fingerprint density at radius 1 is 1.35 bits per heavy atom. The van der Waals surface area contributed by atoms with Crippen LogP contribution in [0.15, 0.2) is 12.4 Å². The number of carbonyl (C=O) groups is 1. The number of aromatic nitrogens is 2. The molecule has 2 aromatic heterocycles. The van der Waals surface area contributed by atoms with E-state index in [1.165, 1.54) is 9.78 Å². The summed E-state index contributed by atoms with van der Waals surface area (Å²) in [6.07, 6.45) is 1.74. The first kappa shape index (κ1) is 13.1. The maximum atomic E-state index is 10.9. The number of piperazine rings is 1. The average Bonchev–Trinajstić information content (AvgIpc) is 2.90. The van der Waals surface area contributed by atoms with Crippen LogP contribution < -0.4 is 4.90 Å². The van der Waals surface area contributed by atoms with Gasteiger partial charge in [-0.05, 0) is 12.5 Å². The first-order chi connectivity index (χ1) is 9.69. The topological polar surface area (TPSA) is 69.6 Å². The van der Waals surface area contributed by atoms with Crippen LogP contribution in [0.1, 0.15) is 11.8 Å². The molecule has 0 saturated carbocycles. The third-order valence-corrected chi connectivity index (χ3v) is 4.74. The van der Waals surface area contributed by atoms with E-state index < -0.39 is 6.09 Å². The van der Waals surface area contributed by atoms with Gasteiger partial charge >= 0.3 is 6.09 Å². The van der Waals surface area contributed by atoms with Crippen molar-refractivity contribution < 1.29 is 9.90 Å². The van der Waals surface area contributed by atoms with Crippen molar-refractivity contribution in [2.45, 2.75) is 13.3 Å². The molecule has 7 heteroatoms. The van der Waals surface area contributed by atoms with Crippen molar-refractivity contribution in [1.82, 2.24) is 14.9 Å². The van der Waals surface area contributed by atoms with Gasteiger partial charge in [0.1, 0.15) is 17.0 Å². The molecule has 0 aromatic carbocycles. The van der Waals surface area contributed by atoms with E-state index in [4.69, 9.17) is 5.11 Å². The zero-order chi connectivity index (χ0) is 14.1. The minimum absolute atomic E-state index is 0.519. The second kappa shape index (κ2) is 5.24. The maximum absolute atomic E-state index is 10.9. The van der Waals surface area contributed by atoms with Gasteiger partial charge in [0.25, 0.3) is 0 Å². The number of aryl methyl sites for hydroxylation is 1. The molecule has 1 amide bonds. The lowest BCUT2D eigenvalue weighted by atomic mass is 10.2. The number of anilines is 1. The molecule has 1 N–H and O–H groups in total. The summed E-state index contributed by atoms with van der Waals surface area (Å²) in [6.45, 7) is 4.52. The number of thiophene rings is 1. The van der Waals surface area contributed by atoms with Crippen LogP contribution in [0.4, 0.5) is 10.6 Å². The Balaban J connectivity index is 1.87. The molecule has 1 aliphatic rings. The largest absolute Gasteiger partial charge is 0.465 e. The summed E-state index contributed by atoms with van der Waals surface area (Å²) in [5.74, 6) is 0.927. The lowest BCUT2D eigenvalue weighted by Crippen LogP contribution is -2.48. The second-order valence-corrected chi connectivity index (χ2v) is 5.85. The van der Waals surface area contributed by atoms with Crippen LogP contribution in [0.3, 0.4) is 0 Å². The quantitative estimate of drug-likeness (QED) is 0.917. The molecule has 0 atom stereocenters. The molecule has 3 rings (SSSR count). The molecule has 0 aliphatic carbocycles. The highest BCUT2D eigenvalue weighted by atomic mass is 32.1. The highest BCUT2D eigenvalue weighted by Crippen LogP contribution is 2.30. The van der Waals surface area contributed by atoms with Crippen molar-refractivity contribution in [3.63, 3.8) is 0 Å². The Kier molecular flexibility index (Phi) is 3.43. The number of fused-ring (bicyclic) bond motifs is 1. The third-order valence-electron chi connectivity index (χ3n) is 3.56. The Morgan fingerprint density at radius 2 is 2.10 bits per heavy atom. The molecular formula is C13H16N4O2S. The summed E-state index contributed by atoms with van der Waals surface area (Å²) in [4.78, 5) is 25.6. The van der Waals surface area contributed by atoms with Gasteiger partial charge in [0.05, 0.1) is 5.39 Å². The Morgan fingerprint density at radius 3 is 2.75 bits per heavy atom. The van der Waals surface area contributed by atoms with Crippen LogP contribution in [-0.2, 0) is 6.42 Å². The van der Waals surface area contributed by atoms with E-state index >= 15 is 0 Å². The first-order valence-corrected chi connectivity index (χ1v) is 7.47. The first-order valence-electron chi connectivity index (χ1n) is 6.65. The normalized spacial score (nSPS) is 15.8. The molecule has 0 spiro atoms. The van der Waals surface area contributed by atoms with Crippen molar-refractivity contribution in [2.24, 2.45) is 0 Å². The SMILES string of the molecule is CCc1cc2c(N3CCN(C(=O)O)CC3)ncnc2s1. The molecule has 1 fully saturated rings. The van der Waals surface area contributed by atoms with Crippen LogP contribution in [0.5, 0.6) is 0 Å². The van der Waals surface area contributed by atoms with Gasteiger partial charge in [0.2, 0.25) is 0 Å². The molecule has 0 unspecified atom stereocenters. The van der Waals surface area contributed by atoms with Gasteiger partial charge in [0, 0.05) is 31.1 Å². The van der Waals surface area contributed by atoms with E-state index in [0.717, 1.165) is 22.5 Å². The van der Waals surface area contributed by atoms with Crippen molar-refractivity contribution in [1.29, 1.82) is 0 Å². The summed E-state index contributed by atoms with van der Waals surface area (Å²) in [5.41, 5.74) is 0. The zero-order valence-electron chi connectivity index (χ0n) is 11.2. The fourth-order valence-electron chi connectivity index (χ4n) is 2.43. The second-order valence-electron chi connectivity index (χ2n) is 4.74. The summed E-state index contributed by atoms with van der Waals surface area (Å²) < 4.78 is 0. The fourth-order valence-corrected chi connectivity index (χ4v) is 3.36. The standard InChI is InChI=1S/C13H16N4O2S/c1-2-9-7-10-11(14-8-15-12(10)20-9)16-3-5-17(6-4-16)13(18)19/h7-8H,2-6H2,1H3,(H,18,19). The minimum Gasteiger partial charge on any atom is -0.465 e. The predicted octanol–water partition coefficient (Wildman–Crippen LogP) is 2.05. The summed E-state index contributed by atoms with van der Waals surface area (Å²) in [7, 11) is 0. The molecule has 20 heavy (non-hydrogen) atoms. The molecule has 1 aliphatic heterocycles. The average molecular weight is 292 g/mol. The zero-order valence-corrected chi connectivity index (χ0v) is 12.1. The number of hydrogen-bond donors (Lipinski definition) is 1. The number of amides is 1. The number of rotatable bonds is 2. The molecule has 2 aromatic rings. The van der Waals surface area contributed by atoms with Gasteiger partial charge in [-0.3, -0.25) is 0 Å². The molecular weight excluding hydrogens is 276 g/mol. The monoisotopic (exact) mass is 292 g/mol. The van der Waals surface area contributed by atoms with Gasteiger partial charge < -0.3 is 14.9 Å². The highest BCUT2D eigenvalue weighted by Gasteiger charge is 2.23. The smallest absolute Gasteiger partial charge is 0.407 e. The van der Waals surface area contributed by atoms with Crippen LogP contribution in [0.25, 0.3) is 10.2 Å². The molecule has 6 nitrogen and oxygen atoms in total. The van der Waals surface area contributed by atoms with E-state index in [0.29, 0.717) is 26.2 Å². The lowest BCUT2D eigenvalue weighted by molar-refractivity contribution is 0.142. The van der Waals surface area contributed by atoms with E-state index in [2.05, 4.69) is 27.9 Å². The number of nitrogens with zero attached hydrogens (tertiary/aromatic N) is 4. The Labute approximate surface area is 120 Å². The van der Waals surface area contributed by atoms with E-state index in [1.54, 1.807) is 17.7 Å². The van der Waals surface area contributed by atoms with Crippen molar-refractivity contribution in [3.05, 3.63) is 17.3 Å². The van der Waals surface area contributed by atoms with Crippen molar-refractivity contribution in [2.75, 3.05) is 31.1 Å². The van der Waals surface area contributed by atoms with Crippen molar-refractivity contribution >= 4 is 33.5 Å².